The molecule has 0 aliphatic heterocycles. The van der Waals surface area contributed by atoms with Gasteiger partial charge in [-0.25, -0.2) is 0 Å². The highest BCUT2D eigenvalue weighted by Gasteiger charge is 2.42. The van der Waals surface area contributed by atoms with Crippen LogP contribution < -0.4 is 0 Å². The molecule has 0 aromatic carbocycles. The average molecular weight is 271 g/mol. The van der Waals surface area contributed by atoms with Crippen molar-refractivity contribution in [2.45, 2.75) is 39.7 Å². The summed E-state index contributed by atoms with van der Waals surface area (Å²) in [4.78, 5) is 25.1. The largest absolute Gasteiger partial charge is 0.481 e. The summed E-state index contributed by atoms with van der Waals surface area (Å²) in [7, 11) is 1.72. The van der Waals surface area contributed by atoms with Gasteiger partial charge in [0.25, 0.3) is 0 Å². The summed E-state index contributed by atoms with van der Waals surface area (Å²) in [5.74, 6) is -1.53. The topological polar surface area (TPSA) is 66.8 Å². The molecule has 5 heteroatoms. The highest BCUT2D eigenvalue weighted by atomic mass is 16.5. The Balaban J connectivity index is 2.53. The number of hydrogen-bond donors (Lipinski definition) is 1. The number of rotatable bonds is 6. The van der Waals surface area contributed by atoms with Crippen LogP contribution in [0.3, 0.4) is 0 Å². The number of carbonyl (C=O) groups excluding carboxylic acids is 1. The van der Waals surface area contributed by atoms with Crippen molar-refractivity contribution in [1.82, 2.24) is 4.90 Å². The lowest BCUT2D eigenvalue weighted by atomic mass is 9.95. The van der Waals surface area contributed by atoms with E-state index in [4.69, 9.17) is 4.74 Å². The molecule has 5 nitrogen and oxygen atoms in total. The van der Waals surface area contributed by atoms with Gasteiger partial charge in [-0.05, 0) is 32.6 Å². The van der Waals surface area contributed by atoms with Gasteiger partial charge in [-0.15, -0.1) is 0 Å². The van der Waals surface area contributed by atoms with Crippen molar-refractivity contribution in [2.24, 2.45) is 17.8 Å². The molecule has 1 N–H and O–H groups in total. The van der Waals surface area contributed by atoms with Crippen LogP contribution in [0.2, 0.25) is 0 Å². The van der Waals surface area contributed by atoms with Crippen molar-refractivity contribution in [2.75, 3.05) is 20.2 Å². The standard InChI is InChI=1S/C14H25NO4/c1-9(2)19-6-5-15(4)13(16)11-7-10(3)8-12(11)14(17)18/h9-12H,5-8H2,1-4H3,(H,17,18)/t10?,11-,12+/m0/s1. The van der Waals surface area contributed by atoms with E-state index in [0.717, 1.165) is 0 Å². The lowest BCUT2D eigenvalue weighted by Crippen LogP contribution is -2.38. The minimum atomic E-state index is -0.852. The van der Waals surface area contributed by atoms with Crippen molar-refractivity contribution in [3.8, 4) is 0 Å². The monoisotopic (exact) mass is 271 g/mol. The van der Waals surface area contributed by atoms with Gasteiger partial charge in [0.15, 0.2) is 0 Å². The summed E-state index contributed by atoms with van der Waals surface area (Å²) in [6, 6.07) is 0. The minimum Gasteiger partial charge on any atom is -0.481 e. The molecule has 1 aliphatic carbocycles. The van der Waals surface area contributed by atoms with Crippen LogP contribution in [-0.4, -0.2) is 48.2 Å². The Morgan fingerprint density at radius 3 is 2.42 bits per heavy atom. The van der Waals surface area contributed by atoms with E-state index < -0.39 is 11.9 Å². The number of ether oxygens (including phenoxy) is 1. The maximum Gasteiger partial charge on any atom is 0.307 e. The number of amides is 1. The van der Waals surface area contributed by atoms with Crippen LogP contribution >= 0.6 is 0 Å². The van der Waals surface area contributed by atoms with Gasteiger partial charge in [-0.2, -0.15) is 0 Å². The molecule has 1 unspecified atom stereocenters. The molecule has 1 amide bonds. The molecule has 0 heterocycles. The Bertz CT molecular complexity index is 329. The number of aliphatic carboxylic acids is 1. The van der Waals surface area contributed by atoms with Crippen molar-refractivity contribution in [3.05, 3.63) is 0 Å². The van der Waals surface area contributed by atoms with Crippen LogP contribution in [0.5, 0.6) is 0 Å². The van der Waals surface area contributed by atoms with Crippen molar-refractivity contribution >= 4 is 11.9 Å². The number of nitrogens with zero attached hydrogens (tertiary/aromatic N) is 1. The normalized spacial score (nSPS) is 26.7. The Hall–Kier alpha value is -1.10. The molecule has 110 valence electrons. The number of hydrogen-bond acceptors (Lipinski definition) is 3. The third kappa shape index (κ3) is 4.49. The highest BCUT2D eigenvalue weighted by Crippen LogP contribution is 2.37. The van der Waals surface area contributed by atoms with E-state index in [-0.39, 0.29) is 17.9 Å². The predicted octanol–water partition coefficient (Wildman–Crippen LogP) is 1.62. The third-order valence-electron chi connectivity index (χ3n) is 3.69. The fourth-order valence-electron chi connectivity index (χ4n) is 2.66. The molecular weight excluding hydrogens is 246 g/mol. The summed E-state index contributed by atoms with van der Waals surface area (Å²) >= 11 is 0. The maximum absolute atomic E-state index is 12.3. The van der Waals surface area contributed by atoms with E-state index in [0.29, 0.717) is 31.9 Å². The van der Waals surface area contributed by atoms with E-state index in [2.05, 4.69) is 0 Å². The second-order valence-corrected chi connectivity index (χ2v) is 5.81. The van der Waals surface area contributed by atoms with E-state index >= 15 is 0 Å². The van der Waals surface area contributed by atoms with E-state index in [1.54, 1.807) is 11.9 Å². The molecule has 1 rings (SSSR count). The molecule has 19 heavy (non-hydrogen) atoms. The zero-order valence-corrected chi connectivity index (χ0v) is 12.3. The quantitative estimate of drug-likeness (QED) is 0.797. The van der Waals surface area contributed by atoms with E-state index in [9.17, 15) is 14.7 Å². The molecule has 3 atom stereocenters. The first-order chi connectivity index (χ1) is 8.82. The molecule has 0 aromatic heterocycles. The second kappa shape index (κ2) is 6.89. The fourth-order valence-corrected chi connectivity index (χ4v) is 2.66. The van der Waals surface area contributed by atoms with E-state index in [1.165, 1.54) is 0 Å². The van der Waals surface area contributed by atoms with Crippen LogP contribution in [0.1, 0.15) is 33.6 Å². The Morgan fingerprint density at radius 2 is 1.89 bits per heavy atom. The molecule has 0 radical (unpaired) electrons. The number of carboxylic acid groups (broad SMARTS) is 1. The number of carboxylic acids is 1. The Labute approximate surface area is 114 Å². The van der Waals surface area contributed by atoms with Crippen molar-refractivity contribution in [1.29, 1.82) is 0 Å². The number of likely N-dealkylation sites (N-methyl/N-ethyl adjacent to an activating group) is 1. The third-order valence-corrected chi connectivity index (χ3v) is 3.69. The summed E-state index contributed by atoms with van der Waals surface area (Å²) < 4.78 is 5.41. The van der Waals surface area contributed by atoms with Gasteiger partial charge in [0.2, 0.25) is 5.91 Å². The molecular formula is C14H25NO4. The maximum atomic E-state index is 12.3. The molecule has 0 spiro atoms. The number of carbonyl (C=O) groups is 2. The zero-order chi connectivity index (χ0) is 14.6. The van der Waals surface area contributed by atoms with Crippen molar-refractivity contribution in [3.63, 3.8) is 0 Å². The van der Waals surface area contributed by atoms with Gasteiger partial charge < -0.3 is 14.7 Å². The molecule has 0 bridgehead atoms. The van der Waals surface area contributed by atoms with Crippen LogP contribution in [0, 0.1) is 17.8 Å². The predicted molar refractivity (Wildman–Crippen MR) is 71.7 cm³/mol. The van der Waals surface area contributed by atoms with Crippen LogP contribution in [0.4, 0.5) is 0 Å². The van der Waals surface area contributed by atoms with Gasteiger partial charge in [-0.1, -0.05) is 6.92 Å². The minimum absolute atomic E-state index is 0.0656. The molecule has 1 fully saturated rings. The lowest BCUT2D eigenvalue weighted by Gasteiger charge is -2.23. The summed E-state index contributed by atoms with van der Waals surface area (Å²) in [5, 5.41) is 9.19. The first-order valence-corrected chi connectivity index (χ1v) is 6.92. The van der Waals surface area contributed by atoms with Gasteiger partial charge in [-0.3, -0.25) is 9.59 Å². The molecule has 0 aromatic rings. The first kappa shape index (κ1) is 16.0. The van der Waals surface area contributed by atoms with Crippen molar-refractivity contribution < 1.29 is 19.4 Å². The van der Waals surface area contributed by atoms with E-state index in [1.807, 2.05) is 20.8 Å². The average Bonchev–Trinajstić information content (AvgIpc) is 2.69. The smallest absolute Gasteiger partial charge is 0.307 e. The summed E-state index contributed by atoms with van der Waals surface area (Å²) in [6.45, 7) is 6.89. The zero-order valence-electron chi connectivity index (χ0n) is 12.3. The van der Waals surface area contributed by atoms with Gasteiger partial charge in [0, 0.05) is 13.6 Å². The Kier molecular flexibility index (Phi) is 5.79. The van der Waals surface area contributed by atoms with Gasteiger partial charge in [0.1, 0.15) is 0 Å². The summed E-state index contributed by atoms with van der Waals surface area (Å²) in [5.41, 5.74) is 0. The first-order valence-electron chi connectivity index (χ1n) is 6.92. The van der Waals surface area contributed by atoms with Crippen LogP contribution in [-0.2, 0) is 14.3 Å². The highest BCUT2D eigenvalue weighted by molar-refractivity contribution is 5.85. The summed E-state index contributed by atoms with van der Waals surface area (Å²) in [6.07, 6.45) is 1.41. The van der Waals surface area contributed by atoms with Gasteiger partial charge >= 0.3 is 5.97 Å². The Morgan fingerprint density at radius 1 is 1.32 bits per heavy atom. The SMILES string of the molecule is CC1C[C@H](C(=O)N(C)CCOC(C)C)[C@H](C(=O)O)C1. The fraction of sp³-hybridized carbons (Fsp3) is 0.857. The molecule has 0 saturated heterocycles. The second-order valence-electron chi connectivity index (χ2n) is 5.81. The van der Waals surface area contributed by atoms with Gasteiger partial charge in [0.05, 0.1) is 24.5 Å². The molecule has 1 saturated carbocycles. The molecule has 1 aliphatic rings. The van der Waals surface area contributed by atoms with Crippen LogP contribution in [0.15, 0.2) is 0 Å². The van der Waals surface area contributed by atoms with Crippen LogP contribution in [0.25, 0.3) is 0 Å². The lowest BCUT2D eigenvalue weighted by molar-refractivity contribution is -0.148.